The van der Waals surface area contributed by atoms with Gasteiger partial charge in [0.2, 0.25) is 0 Å². The number of H-pyrrole nitrogens is 1. The van der Waals surface area contributed by atoms with Crippen LogP contribution in [0.25, 0.3) is 0 Å². The Morgan fingerprint density at radius 3 is 1.50 bits per heavy atom. The second-order valence-corrected chi connectivity index (χ2v) is 4.43. The molecule has 1 aromatic heterocycles. The van der Waals surface area contributed by atoms with Crippen LogP contribution in [0.3, 0.4) is 0 Å². The molecule has 0 atom stereocenters. The van der Waals surface area contributed by atoms with Gasteiger partial charge in [-0.1, -0.05) is 6.07 Å². The largest absolute Gasteiger partial charge is 1.00 e. The molecule has 0 amide bonds. The fourth-order valence-electron chi connectivity index (χ4n) is 0.342. The van der Waals surface area contributed by atoms with Gasteiger partial charge in [0, 0.05) is 12.1 Å². The zero-order valence-corrected chi connectivity index (χ0v) is 9.87. The molecule has 0 aliphatic rings. The Morgan fingerprint density at radius 1 is 1.00 bits per heavy atom. The maximum Gasteiger partial charge on any atom is 0.166 e. The number of hydrogen-bond acceptors (Lipinski definition) is 0. The minimum atomic E-state index is 0. The molecule has 3 heteroatoms. The predicted octanol–water partition coefficient (Wildman–Crippen LogP) is -1.71. The van der Waals surface area contributed by atoms with Crippen molar-refractivity contribution in [3.05, 3.63) is 30.6 Å². The summed E-state index contributed by atoms with van der Waals surface area (Å²) in [5, 5.41) is 0. The van der Waals surface area contributed by atoms with Gasteiger partial charge in [-0.3, -0.25) is 0 Å². The van der Waals surface area contributed by atoms with Crippen molar-refractivity contribution in [1.29, 1.82) is 0 Å². The van der Waals surface area contributed by atoms with Crippen LogP contribution in [0, 0.1) is 0 Å². The topological polar surface area (TPSA) is 14.1 Å². The third-order valence-electron chi connectivity index (χ3n) is 0.607. The standard InChI is InChI=1S/C5H5N.2CH3.ClH.Sn/c1-2-4-6-5-3-1;;;;/h1-5H;2*1H3;1H;. The molecule has 0 fully saturated rings. The Labute approximate surface area is 78.9 Å². The van der Waals surface area contributed by atoms with Gasteiger partial charge in [0.05, 0.1) is 0 Å². The second-order valence-electron chi connectivity index (χ2n) is 1.58. The van der Waals surface area contributed by atoms with E-state index in [1.165, 1.54) is 0 Å². The number of rotatable bonds is 0. The van der Waals surface area contributed by atoms with Crippen LogP contribution in [0.5, 0.6) is 0 Å². The molecule has 0 aliphatic heterocycles. The third kappa shape index (κ3) is 11.1. The molecule has 0 unspecified atom stereocenters. The molecule has 2 radical (unpaired) electrons. The normalized spacial score (nSPS) is 6.60. The summed E-state index contributed by atoms with van der Waals surface area (Å²) in [4.78, 5) is 7.48. The molecule has 1 rings (SSSR count). The van der Waals surface area contributed by atoms with Crippen LogP contribution < -0.4 is 17.4 Å². The van der Waals surface area contributed by atoms with Gasteiger partial charge in [-0.25, -0.2) is 4.98 Å². The molecule has 1 heterocycles. The van der Waals surface area contributed by atoms with Crippen molar-refractivity contribution in [3.63, 3.8) is 0 Å². The van der Waals surface area contributed by atoms with Crippen molar-refractivity contribution in [2.45, 2.75) is 9.88 Å². The van der Waals surface area contributed by atoms with Crippen LogP contribution in [-0.4, -0.2) is 21.1 Å². The molecule has 0 aromatic carbocycles. The van der Waals surface area contributed by atoms with Crippen molar-refractivity contribution in [1.82, 2.24) is 0 Å². The van der Waals surface area contributed by atoms with E-state index < -0.39 is 0 Å². The zero-order valence-electron chi connectivity index (χ0n) is 6.26. The van der Waals surface area contributed by atoms with Crippen molar-refractivity contribution in [2.24, 2.45) is 0 Å². The molecule has 1 N–H and O–H groups in total. The first-order valence-electron chi connectivity index (χ1n) is 2.91. The number of pyridine rings is 1. The molecule has 0 saturated carbocycles. The van der Waals surface area contributed by atoms with Gasteiger partial charge < -0.3 is 12.4 Å². The van der Waals surface area contributed by atoms with Crippen molar-refractivity contribution >= 4 is 21.1 Å². The van der Waals surface area contributed by atoms with Crippen LogP contribution in [0.2, 0.25) is 9.88 Å². The van der Waals surface area contributed by atoms with Crippen molar-refractivity contribution < 1.29 is 17.4 Å². The minimum absolute atomic E-state index is 0. The molecule has 10 heavy (non-hydrogen) atoms. The van der Waals surface area contributed by atoms with Gasteiger partial charge in [0.15, 0.2) is 12.4 Å². The average Bonchev–Trinajstić information content (AvgIpc) is 1.93. The van der Waals surface area contributed by atoms with E-state index in [1.54, 1.807) is 0 Å². The Balaban J connectivity index is 0. The summed E-state index contributed by atoms with van der Waals surface area (Å²) in [6, 6.07) is 5.86. The molecule has 0 aliphatic carbocycles. The number of aromatic amines is 1. The molecule has 0 spiro atoms. The summed E-state index contributed by atoms with van der Waals surface area (Å²) in [6.45, 7) is 0. The van der Waals surface area contributed by atoms with Crippen LogP contribution in [0.1, 0.15) is 0 Å². The molecule has 0 saturated heterocycles. The van der Waals surface area contributed by atoms with E-state index in [0.29, 0.717) is 0 Å². The Bertz CT molecular complexity index is 96.5. The Kier molecular flexibility index (Phi) is 15.4. The van der Waals surface area contributed by atoms with E-state index in [4.69, 9.17) is 0 Å². The van der Waals surface area contributed by atoms with Crippen LogP contribution >= 0.6 is 0 Å². The quantitative estimate of drug-likeness (QED) is 0.496. The summed E-state index contributed by atoms with van der Waals surface area (Å²) in [7, 11) is 0. The van der Waals surface area contributed by atoms with Crippen LogP contribution in [-0.2, 0) is 0 Å². The van der Waals surface area contributed by atoms with Gasteiger partial charge in [-0.15, -0.1) is 0 Å². The summed E-state index contributed by atoms with van der Waals surface area (Å²) in [5.41, 5.74) is 0. The number of nitrogens with one attached hydrogen (secondary N) is 1. The van der Waals surface area contributed by atoms with E-state index in [1.807, 2.05) is 30.6 Å². The minimum Gasteiger partial charge on any atom is -1.00 e. The Morgan fingerprint density at radius 2 is 1.40 bits per heavy atom. The molecular formula is C7H12ClNSn. The second kappa shape index (κ2) is 12.0. The molecule has 0 bridgehead atoms. The van der Waals surface area contributed by atoms with Gasteiger partial charge in [-0.05, 0) is 0 Å². The number of halogens is 1. The van der Waals surface area contributed by atoms with Crippen molar-refractivity contribution in [2.75, 3.05) is 0 Å². The van der Waals surface area contributed by atoms with Gasteiger partial charge in [0.25, 0.3) is 0 Å². The van der Waals surface area contributed by atoms with Crippen molar-refractivity contribution in [3.8, 4) is 0 Å². The van der Waals surface area contributed by atoms with Gasteiger partial charge >= 0.3 is 31.0 Å². The number of hydrogen-bond donors (Lipinski definition) is 0. The zero-order chi connectivity index (χ0) is 6.95. The first-order chi connectivity index (χ1) is 4.41. The van der Waals surface area contributed by atoms with E-state index in [9.17, 15) is 0 Å². The average molecular weight is 264 g/mol. The monoisotopic (exact) mass is 265 g/mol. The molecular weight excluding hydrogens is 252 g/mol. The summed E-state index contributed by atoms with van der Waals surface area (Å²) >= 11 is 0.230. The van der Waals surface area contributed by atoms with Gasteiger partial charge in [-0.2, -0.15) is 0 Å². The number of aromatic nitrogens is 1. The third-order valence-corrected chi connectivity index (χ3v) is 0.607. The maximum atomic E-state index is 2.89. The van der Waals surface area contributed by atoms with Crippen LogP contribution in [0.15, 0.2) is 30.6 Å². The van der Waals surface area contributed by atoms with E-state index >= 15 is 0 Å². The smallest absolute Gasteiger partial charge is 0.166 e. The summed E-state index contributed by atoms with van der Waals surface area (Å²) in [6.07, 6.45) is 3.75. The maximum absolute atomic E-state index is 2.89. The first-order valence-corrected chi connectivity index (χ1v) is 8.62. The summed E-state index contributed by atoms with van der Waals surface area (Å²) < 4.78 is 0. The first kappa shape index (κ1) is 12.9. The van der Waals surface area contributed by atoms with Gasteiger partial charge in [0.1, 0.15) is 0 Å². The summed E-state index contributed by atoms with van der Waals surface area (Å²) in [5.74, 6) is 0. The molecule has 1 aromatic rings. The van der Waals surface area contributed by atoms with E-state index in [0.717, 1.165) is 0 Å². The molecule has 1 nitrogen and oxygen atoms in total. The van der Waals surface area contributed by atoms with E-state index in [2.05, 4.69) is 14.9 Å². The fraction of sp³-hybridized carbons (Fsp3) is 0.286. The predicted molar refractivity (Wildman–Crippen MR) is 40.5 cm³/mol. The SMILES string of the molecule is [CH3][Sn][CH3].[Cl-].c1cc[nH+]cc1. The molecule has 56 valence electrons. The fourth-order valence-corrected chi connectivity index (χ4v) is 0.342. The van der Waals surface area contributed by atoms with Crippen LogP contribution in [0.4, 0.5) is 0 Å². The Hall–Kier alpha value is 0.239. The van der Waals surface area contributed by atoms with E-state index in [-0.39, 0.29) is 33.5 Å².